The molecular weight excluding hydrogens is 392 g/mol. The smallest absolute Gasteiger partial charge is 0.269 e. The van der Waals surface area contributed by atoms with E-state index in [0.29, 0.717) is 11.5 Å². The first-order valence-corrected chi connectivity index (χ1v) is 10.1. The zero-order valence-electron chi connectivity index (χ0n) is 15.3. The van der Waals surface area contributed by atoms with Gasteiger partial charge in [-0.1, -0.05) is 6.07 Å². The molecule has 0 radical (unpaired) electrons. The third kappa shape index (κ3) is 3.81. The van der Waals surface area contributed by atoms with Crippen molar-refractivity contribution in [1.29, 1.82) is 0 Å². The first kappa shape index (κ1) is 18.6. The highest BCUT2D eigenvalue weighted by molar-refractivity contribution is 7.92. The molecule has 0 saturated heterocycles. The molecule has 29 heavy (non-hydrogen) atoms. The first-order chi connectivity index (χ1) is 13.8. The zero-order valence-corrected chi connectivity index (χ0v) is 16.1. The lowest BCUT2D eigenvalue weighted by Gasteiger charge is -2.08. The lowest BCUT2D eigenvalue weighted by molar-refractivity contribution is -0.384. The van der Waals surface area contributed by atoms with Gasteiger partial charge in [-0.05, 0) is 61.0 Å². The summed E-state index contributed by atoms with van der Waals surface area (Å²) in [4.78, 5) is 17.9. The molecule has 1 aromatic heterocycles. The summed E-state index contributed by atoms with van der Waals surface area (Å²) >= 11 is 0. The van der Waals surface area contributed by atoms with E-state index in [1.807, 2.05) is 25.1 Å². The van der Waals surface area contributed by atoms with Crippen molar-refractivity contribution >= 4 is 32.4 Å². The molecule has 0 aliphatic carbocycles. The predicted molar refractivity (Wildman–Crippen MR) is 110 cm³/mol. The van der Waals surface area contributed by atoms with E-state index in [1.165, 1.54) is 12.1 Å². The van der Waals surface area contributed by atoms with Crippen molar-refractivity contribution in [2.24, 2.45) is 0 Å². The molecule has 9 heteroatoms. The van der Waals surface area contributed by atoms with Crippen LogP contribution in [0.4, 0.5) is 11.4 Å². The maximum absolute atomic E-state index is 12.5. The SMILES string of the molecule is Cc1ccc2nc(-c3ccc(NS(=O)(=O)c4ccc([N+](=O)[O-])cc4)cc3)[nH]c2c1. The lowest BCUT2D eigenvalue weighted by Crippen LogP contribution is -2.12. The van der Waals surface area contributed by atoms with Gasteiger partial charge < -0.3 is 4.98 Å². The van der Waals surface area contributed by atoms with Crippen LogP contribution in [0.25, 0.3) is 22.4 Å². The van der Waals surface area contributed by atoms with Gasteiger partial charge in [-0.15, -0.1) is 0 Å². The Morgan fingerprint density at radius 1 is 1.00 bits per heavy atom. The molecule has 0 atom stereocenters. The van der Waals surface area contributed by atoms with Gasteiger partial charge in [-0.3, -0.25) is 14.8 Å². The maximum atomic E-state index is 12.5. The molecule has 146 valence electrons. The van der Waals surface area contributed by atoms with Crippen LogP contribution in [0.3, 0.4) is 0 Å². The van der Waals surface area contributed by atoms with Gasteiger partial charge in [-0.2, -0.15) is 0 Å². The predicted octanol–water partition coefficient (Wildman–Crippen LogP) is 4.25. The molecule has 2 N–H and O–H groups in total. The van der Waals surface area contributed by atoms with E-state index >= 15 is 0 Å². The monoisotopic (exact) mass is 408 g/mol. The summed E-state index contributed by atoms with van der Waals surface area (Å²) < 4.78 is 27.4. The summed E-state index contributed by atoms with van der Waals surface area (Å²) in [5.74, 6) is 0.690. The number of hydrogen-bond acceptors (Lipinski definition) is 5. The Morgan fingerprint density at radius 3 is 2.34 bits per heavy atom. The van der Waals surface area contributed by atoms with Crippen LogP contribution >= 0.6 is 0 Å². The summed E-state index contributed by atoms with van der Waals surface area (Å²) in [6, 6.07) is 17.4. The Labute approximate surface area is 166 Å². The van der Waals surface area contributed by atoms with Crippen molar-refractivity contribution in [3.63, 3.8) is 0 Å². The summed E-state index contributed by atoms with van der Waals surface area (Å²) in [5, 5.41) is 10.7. The van der Waals surface area contributed by atoms with E-state index in [9.17, 15) is 18.5 Å². The fraction of sp³-hybridized carbons (Fsp3) is 0.0500. The van der Waals surface area contributed by atoms with Gasteiger partial charge in [0.15, 0.2) is 0 Å². The topological polar surface area (TPSA) is 118 Å². The van der Waals surface area contributed by atoms with Crippen molar-refractivity contribution < 1.29 is 13.3 Å². The maximum Gasteiger partial charge on any atom is 0.269 e. The van der Waals surface area contributed by atoms with Crippen molar-refractivity contribution in [3.05, 3.63) is 82.4 Å². The average molecular weight is 408 g/mol. The summed E-state index contributed by atoms with van der Waals surface area (Å²) in [5.41, 5.74) is 3.94. The van der Waals surface area contributed by atoms with E-state index < -0.39 is 14.9 Å². The summed E-state index contributed by atoms with van der Waals surface area (Å²) in [7, 11) is -3.85. The molecular formula is C20H16N4O4S. The van der Waals surface area contributed by atoms with Crippen molar-refractivity contribution in [2.75, 3.05) is 4.72 Å². The van der Waals surface area contributed by atoms with Gasteiger partial charge in [0.05, 0.1) is 20.9 Å². The number of non-ortho nitro benzene ring substituents is 1. The number of anilines is 1. The number of fused-ring (bicyclic) bond motifs is 1. The third-order valence-electron chi connectivity index (χ3n) is 4.41. The van der Waals surface area contributed by atoms with Crippen LogP contribution in [0.5, 0.6) is 0 Å². The normalized spacial score (nSPS) is 11.5. The molecule has 4 aromatic rings. The van der Waals surface area contributed by atoms with Gasteiger partial charge in [-0.25, -0.2) is 13.4 Å². The van der Waals surface area contributed by atoms with Crippen LogP contribution in [-0.4, -0.2) is 23.3 Å². The largest absolute Gasteiger partial charge is 0.338 e. The second-order valence-electron chi connectivity index (χ2n) is 6.54. The lowest BCUT2D eigenvalue weighted by atomic mass is 10.2. The van der Waals surface area contributed by atoms with Crippen molar-refractivity contribution in [1.82, 2.24) is 9.97 Å². The van der Waals surface area contributed by atoms with Crippen LogP contribution in [0.15, 0.2) is 71.6 Å². The Kier molecular flexibility index (Phi) is 4.51. The number of H-pyrrole nitrogens is 1. The van der Waals surface area contributed by atoms with Crippen LogP contribution in [-0.2, 0) is 10.0 Å². The second-order valence-corrected chi connectivity index (χ2v) is 8.22. The molecule has 4 rings (SSSR count). The average Bonchev–Trinajstić information content (AvgIpc) is 3.11. The molecule has 8 nitrogen and oxygen atoms in total. The van der Waals surface area contributed by atoms with Gasteiger partial charge in [0.2, 0.25) is 0 Å². The molecule has 0 fully saturated rings. The number of aromatic nitrogens is 2. The highest BCUT2D eigenvalue weighted by atomic mass is 32.2. The van der Waals surface area contributed by atoms with Crippen LogP contribution < -0.4 is 4.72 Å². The number of aryl methyl sites for hydroxylation is 1. The Morgan fingerprint density at radius 2 is 1.69 bits per heavy atom. The molecule has 3 aromatic carbocycles. The molecule has 1 heterocycles. The Hall–Kier alpha value is -3.72. The van der Waals surface area contributed by atoms with E-state index in [2.05, 4.69) is 14.7 Å². The number of sulfonamides is 1. The van der Waals surface area contributed by atoms with Gasteiger partial charge in [0, 0.05) is 23.4 Å². The molecule has 0 spiro atoms. The second kappa shape index (κ2) is 7.02. The standard InChI is InChI=1S/C20H16N4O4S/c1-13-2-11-18-19(12-13)22-20(21-18)14-3-5-15(6-4-14)23-29(27,28)17-9-7-16(8-10-17)24(25)26/h2-12,23H,1H3,(H,21,22). The minimum absolute atomic E-state index is 0.0557. The minimum Gasteiger partial charge on any atom is -0.338 e. The number of nitrogens with one attached hydrogen (secondary N) is 2. The van der Waals surface area contributed by atoms with Gasteiger partial charge in [0.1, 0.15) is 5.82 Å². The zero-order chi connectivity index (χ0) is 20.6. The fourth-order valence-electron chi connectivity index (χ4n) is 2.92. The van der Waals surface area contributed by atoms with Gasteiger partial charge in [0.25, 0.3) is 15.7 Å². The van der Waals surface area contributed by atoms with Crippen LogP contribution in [0.2, 0.25) is 0 Å². The first-order valence-electron chi connectivity index (χ1n) is 8.66. The number of nitrogens with zero attached hydrogens (tertiary/aromatic N) is 2. The highest BCUT2D eigenvalue weighted by Crippen LogP contribution is 2.24. The Balaban J connectivity index is 1.56. The van der Waals surface area contributed by atoms with E-state index in [1.54, 1.807) is 24.3 Å². The molecule has 0 bridgehead atoms. The molecule has 0 unspecified atom stereocenters. The summed E-state index contributed by atoms with van der Waals surface area (Å²) in [6.07, 6.45) is 0. The number of imidazole rings is 1. The van der Waals surface area contributed by atoms with Crippen LogP contribution in [0, 0.1) is 17.0 Å². The molecule has 0 aliphatic heterocycles. The van der Waals surface area contributed by atoms with E-state index in [4.69, 9.17) is 0 Å². The third-order valence-corrected chi connectivity index (χ3v) is 5.80. The number of nitro groups is 1. The minimum atomic E-state index is -3.85. The number of hydrogen-bond donors (Lipinski definition) is 2. The van der Waals surface area contributed by atoms with Crippen molar-refractivity contribution in [3.8, 4) is 11.4 Å². The van der Waals surface area contributed by atoms with Gasteiger partial charge >= 0.3 is 0 Å². The van der Waals surface area contributed by atoms with E-state index in [-0.39, 0.29) is 10.6 Å². The highest BCUT2D eigenvalue weighted by Gasteiger charge is 2.16. The summed E-state index contributed by atoms with van der Waals surface area (Å²) in [6.45, 7) is 2.01. The van der Waals surface area contributed by atoms with Crippen molar-refractivity contribution in [2.45, 2.75) is 11.8 Å². The molecule has 0 aliphatic rings. The number of aromatic amines is 1. The Bertz CT molecular complexity index is 1310. The quantitative estimate of drug-likeness (QED) is 0.378. The number of nitro benzene ring substituents is 1. The van der Waals surface area contributed by atoms with E-state index in [0.717, 1.165) is 34.3 Å². The fourth-order valence-corrected chi connectivity index (χ4v) is 3.98. The molecule has 0 saturated carbocycles. The molecule has 0 amide bonds. The number of benzene rings is 3. The van der Waals surface area contributed by atoms with Crippen LogP contribution in [0.1, 0.15) is 5.56 Å². The number of rotatable bonds is 5.